The summed E-state index contributed by atoms with van der Waals surface area (Å²) in [7, 11) is -3.54. The number of urea groups is 1. The van der Waals surface area contributed by atoms with Gasteiger partial charge in [0.15, 0.2) is 5.75 Å². The van der Waals surface area contributed by atoms with E-state index >= 15 is 0 Å². The number of amides is 3. The first-order chi connectivity index (χ1) is 18.7. The fourth-order valence-electron chi connectivity index (χ4n) is 4.18. The number of halogens is 5. The molecule has 3 N–H and O–H groups in total. The van der Waals surface area contributed by atoms with E-state index in [0.717, 1.165) is 17.0 Å². The van der Waals surface area contributed by atoms with Crippen LogP contribution in [0.1, 0.15) is 40.0 Å². The molecule has 0 saturated carbocycles. The van der Waals surface area contributed by atoms with Gasteiger partial charge in [-0.15, -0.1) is 0 Å². The number of carbonyl (C=O) groups excluding carboxylic acids is 2. The zero-order chi connectivity index (χ0) is 29.5. The zero-order valence-electron chi connectivity index (χ0n) is 20.8. The maximum Gasteiger partial charge on any atom is 0.524 e. The van der Waals surface area contributed by atoms with Gasteiger partial charge in [-0.1, -0.05) is 17.7 Å². The second-order valence-electron chi connectivity index (χ2n) is 8.88. The van der Waals surface area contributed by atoms with Crippen LogP contribution in [-0.4, -0.2) is 33.7 Å². The third kappa shape index (κ3) is 5.92. The van der Waals surface area contributed by atoms with E-state index in [9.17, 15) is 31.7 Å². The molecule has 1 aliphatic heterocycles. The van der Waals surface area contributed by atoms with Gasteiger partial charge in [0.05, 0.1) is 23.3 Å². The van der Waals surface area contributed by atoms with E-state index in [-0.39, 0.29) is 16.8 Å². The summed E-state index contributed by atoms with van der Waals surface area (Å²) in [4.78, 5) is 46.8. The summed E-state index contributed by atoms with van der Waals surface area (Å²) in [6.07, 6.45) is 0. The van der Waals surface area contributed by atoms with E-state index in [0.29, 0.717) is 17.7 Å². The minimum atomic E-state index is -5.04. The van der Waals surface area contributed by atoms with Crippen LogP contribution in [0.2, 0.25) is 5.02 Å². The van der Waals surface area contributed by atoms with Gasteiger partial charge in [0.2, 0.25) is 0 Å². The SMILES string of the molecule is CC1c2ccc(C(=O)NCc3c(F)cc(F)cc3F)cc2N(Cc2c(F)ccc(OP(=O)(O)O)c2Cl)C(=O)N1C. The number of anilines is 1. The van der Waals surface area contributed by atoms with Gasteiger partial charge in [-0.05, 0) is 36.8 Å². The molecule has 0 radical (unpaired) electrons. The summed E-state index contributed by atoms with van der Waals surface area (Å²) >= 11 is 6.19. The smallest absolute Gasteiger partial charge is 0.403 e. The van der Waals surface area contributed by atoms with Crippen molar-refractivity contribution in [1.29, 1.82) is 0 Å². The summed E-state index contributed by atoms with van der Waals surface area (Å²) in [5.74, 6) is -5.64. The third-order valence-corrected chi connectivity index (χ3v) is 7.21. The molecule has 0 aliphatic carbocycles. The van der Waals surface area contributed by atoms with Crippen LogP contribution in [0.15, 0.2) is 42.5 Å². The molecule has 3 aromatic carbocycles. The predicted molar refractivity (Wildman–Crippen MR) is 136 cm³/mol. The second-order valence-corrected chi connectivity index (χ2v) is 10.4. The van der Waals surface area contributed by atoms with Crippen molar-refractivity contribution in [3.05, 3.63) is 93.0 Å². The first-order valence-corrected chi connectivity index (χ1v) is 13.4. The number of nitrogens with zero attached hydrogens (tertiary/aromatic N) is 2. The summed E-state index contributed by atoms with van der Waals surface area (Å²) in [6.45, 7) is 0.613. The molecule has 3 amide bonds. The van der Waals surface area contributed by atoms with Crippen LogP contribution in [0.4, 0.5) is 28.0 Å². The fourth-order valence-corrected chi connectivity index (χ4v) is 4.90. The van der Waals surface area contributed by atoms with Crippen molar-refractivity contribution in [3.8, 4) is 5.75 Å². The predicted octanol–water partition coefficient (Wildman–Crippen LogP) is 5.43. The molecule has 0 aromatic heterocycles. The van der Waals surface area contributed by atoms with E-state index in [2.05, 4.69) is 9.84 Å². The van der Waals surface area contributed by atoms with E-state index in [4.69, 9.17) is 21.4 Å². The normalized spacial score (nSPS) is 15.2. The molecule has 0 fully saturated rings. The molecule has 212 valence electrons. The maximum atomic E-state index is 14.8. The van der Waals surface area contributed by atoms with Crippen LogP contribution in [0, 0.1) is 23.3 Å². The lowest BCUT2D eigenvalue weighted by molar-refractivity contribution is 0.0950. The lowest BCUT2D eigenvalue weighted by atomic mass is 9.98. The number of nitrogens with one attached hydrogen (secondary N) is 1. The van der Waals surface area contributed by atoms with Crippen LogP contribution in [0.25, 0.3) is 0 Å². The largest absolute Gasteiger partial charge is 0.524 e. The maximum absolute atomic E-state index is 14.8. The Hall–Kier alpha value is -3.64. The highest BCUT2D eigenvalue weighted by Gasteiger charge is 2.35. The molecule has 0 saturated heterocycles. The lowest BCUT2D eigenvalue weighted by Crippen LogP contribution is -2.46. The van der Waals surface area contributed by atoms with Crippen molar-refractivity contribution in [3.63, 3.8) is 0 Å². The Bertz CT molecular complexity index is 1550. The Morgan fingerprint density at radius 3 is 2.33 bits per heavy atom. The Labute approximate surface area is 230 Å². The van der Waals surface area contributed by atoms with Crippen LogP contribution in [0.5, 0.6) is 5.75 Å². The summed E-state index contributed by atoms with van der Waals surface area (Å²) in [5, 5.41) is 1.86. The quantitative estimate of drug-likeness (QED) is 0.245. The summed E-state index contributed by atoms with van der Waals surface area (Å²) in [5.41, 5.74) is -0.122. The molecule has 1 unspecified atom stereocenters. The third-order valence-electron chi connectivity index (χ3n) is 6.36. The Balaban J connectivity index is 1.68. The van der Waals surface area contributed by atoms with Crippen molar-refractivity contribution in [1.82, 2.24) is 10.2 Å². The van der Waals surface area contributed by atoms with Crippen molar-refractivity contribution in [2.45, 2.75) is 26.1 Å². The van der Waals surface area contributed by atoms with Crippen molar-refractivity contribution in [2.24, 2.45) is 0 Å². The highest BCUT2D eigenvalue weighted by atomic mass is 35.5. The Morgan fingerprint density at radius 1 is 1.05 bits per heavy atom. The van der Waals surface area contributed by atoms with Crippen molar-refractivity contribution in [2.75, 3.05) is 11.9 Å². The van der Waals surface area contributed by atoms with Gasteiger partial charge in [0.1, 0.15) is 23.3 Å². The molecule has 40 heavy (non-hydrogen) atoms. The van der Waals surface area contributed by atoms with Crippen molar-refractivity contribution >= 4 is 37.0 Å². The number of hydrogen-bond donors (Lipinski definition) is 3. The molecule has 4 rings (SSSR count). The van der Waals surface area contributed by atoms with E-state index in [1.54, 1.807) is 13.0 Å². The average Bonchev–Trinajstić information content (AvgIpc) is 2.87. The summed E-state index contributed by atoms with van der Waals surface area (Å²) in [6, 6.07) is 5.98. The Kier molecular flexibility index (Phi) is 8.13. The van der Waals surface area contributed by atoms with Gasteiger partial charge in [0.25, 0.3) is 5.91 Å². The standard InChI is InChI=1S/C25H21ClF4N3O6P/c1-12-15-4-3-13(24(34)31-10-16-19(29)8-14(27)9-20(16)30)7-21(15)33(25(35)32(12)2)11-17-18(28)5-6-22(23(17)26)39-40(36,37)38/h3-9,12H,10-11H2,1-2H3,(H,31,34)(H2,36,37,38). The van der Waals surface area contributed by atoms with Gasteiger partial charge in [-0.25, -0.2) is 26.9 Å². The minimum absolute atomic E-state index is 0.0126. The molecule has 1 atom stereocenters. The zero-order valence-corrected chi connectivity index (χ0v) is 22.4. The number of benzene rings is 3. The van der Waals surface area contributed by atoms with Crippen LogP contribution in [-0.2, 0) is 17.7 Å². The fraction of sp³-hybridized carbons (Fsp3) is 0.200. The van der Waals surface area contributed by atoms with Crippen LogP contribution < -0.4 is 14.7 Å². The highest BCUT2D eigenvalue weighted by Crippen LogP contribution is 2.44. The van der Waals surface area contributed by atoms with Crippen LogP contribution >= 0.6 is 19.4 Å². The van der Waals surface area contributed by atoms with E-state index in [1.807, 2.05) is 0 Å². The molecular weight excluding hydrogens is 581 g/mol. The van der Waals surface area contributed by atoms with Crippen LogP contribution in [0.3, 0.4) is 0 Å². The number of rotatable bonds is 7. The lowest BCUT2D eigenvalue weighted by Gasteiger charge is -2.40. The first kappa shape index (κ1) is 29.3. The number of carbonyl (C=O) groups is 2. The highest BCUT2D eigenvalue weighted by molar-refractivity contribution is 7.46. The topological polar surface area (TPSA) is 119 Å². The molecule has 1 aliphatic rings. The minimum Gasteiger partial charge on any atom is -0.403 e. The van der Waals surface area contributed by atoms with Gasteiger partial charge in [-0.3, -0.25) is 19.5 Å². The first-order valence-electron chi connectivity index (χ1n) is 11.5. The number of phosphoric acid groups is 1. The second kappa shape index (κ2) is 11.1. The van der Waals surface area contributed by atoms with Gasteiger partial charge >= 0.3 is 13.9 Å². The van der Waals surface area contributed by atoms with Crippen molar-refractivity contribution < 1.29 is 46.0 Å². The molecule has 1 heterocycles. The summed E-state index contributed by atoms with van der Waals surface area (Å²) < 4.78 is 71.8. The molecule has 9 nitrogen and oxygen atoms in total. The van der Waals surface area contributed by atoms with E-state index < -0.39 is 78.5 Å². The molecule has 0 spiro atoms. The van der Waals surface area contributed by atoms with Gasteiger partial charge < -0.3 is 14.7 Å². The molecule has 0 bridgehead atoms. The van der Waals surface area contributed by atoms with Gasteiger partial charge in [-0.2, -0.15) is 0 Å². The average molecular weight is 602 g/mol. The number of hydrogen-bond acceptors (Lipinski definition) is 4. The van der Waals surface area contributed by atoms with E-state index in [1.165, 1.54) is 24.1 Å². The molecular formula is C25H21ClF4N3O6P. The van der Waals surface area contributed by atoms with Gasteiger partial charge in [0, 0.05) is 42.4 Å². The Morgan fingerprint density at radius 2 is 1.70 bits per heavy atom. The number of phosphoric ester groups is 1. The monoisotopic (exact) mass is 601 g/mol. The number of fused-ring (bicyclic) bond motifs is 1. The molecule has 15 heteroatoms. The molecule has 3 aromatic rings.